The highest BCUT2D eigenvalue weighted by Crippen LogP contribution is 2.34. The van der Waals surface area contributed by atoms with Gasteiger partial charge in [0.15, 0.2) is 0 Å². The van der Waals surface area contributed by atoms with E-state index in [1.165, 1.54) is 29.6 Å². The highest BCUT2D eigenvalue weighted by molar-refractivity contribution is 7.98. The van der Waals surface area contributed by atoms with E-state index in [-0.39, 0.29) is 17.3 Å². The van der Waals surface area contributed by atoms with E-state index in [0.717, 1.165) is 0 Å². The molecule has 1 aliphatic heterocycles. The molecule has 1 unspecified atom stereocenters. The first-order chi connectivity index (χ1) is 11.7. The van der Waals surface area contributed by atoms with Gasteiger partial charge in [0.1, 0.15) is 17.0 Å². The van der Waals surface area contributed by atoms with Crippen molar-refractivity contribution in [1.29, 1.82) is 0 Å². The first kappa shape index (κ1) is 20.0. The molecule has 0 bridgehead atoms. The molecule has 1 amide bonds. The lowest BCUT2D eigenvalue weighted by Crippen LogP contribution is -2.54. The number of hydrogen-bond acceptors (Lipinski definition) is 5. The molecule has 0 saturated carbocycles. The Morgan fingerprint density at radius 3 is 2.69 bits per heavy atom. The average molecular weight is 384 g/mol. The van der Waals surface area contributed by atoms with Crippen LogP contribution in [0.4, 0.5) is 14.9 Å². The van der Waals surface area contributed by atoms with Gasteiger partial charge in [-0.05, 0) is 51.8 Å². The van der Waals surface area contributed by atoms with Crippen molar-refractivity contribution in [2.45, 2.75) is 38.8 Å². The van der Waals surface area contributed by atoms with E-state index >= 15 is 0 Å². The number of anilines is 1. The molecule has 0 radical (unpaired) electrons. The van der Waals surface area contributed by atoms with Gasteiger partial charge in [-0.25, -0.2) is 18.4 Å². The fourth-order valence-electron chi connectivity index (χ4n) is 2.63. The smallest absolute Gasteiger partial charge is 0.414 e. The predicted octanol–water partition coefficient (Wildman–Crippen LogP) is 2.08. The van der Waals surface area contributed by atoms with E-state index in [4.69, 9.17) is 10.5 Å². The van der Waals surface area contributed by atoms with Crippen molar-refractivity contribution in [3.05, 3.63) is 29.6 Å². The molecule has 2 rings (SSSR count). The number of alkyl carbamates (subject to hydrolysis) is 1. The molecule has 3 N–H and O–H groups in total. The summed E-state index contributed by atoms with van der Waals surface area (Å²) in [4.78, 5) is 16.6. The van der Waals surface area contributed by atoms with Gasteiger partial charge < -0.3 is 10.5 Å². The molecular formula is C17H25FN4O3S. The van der Waals surface area contributed by atoms with Gasteiger partial charge >= 0.3 is 6.09 Å². The van der Waals surface area contributed by atoms with E-state index in [1.807, 2.05) is 0 Å². The van der Waals surface area contributed by atoms with Crippen molar-refractivity contribution in [3.63, 3.8) is 0 Å². The van der Waals surface area contributed by atoms with Crippen molar-refractivity contribution < 1.29 is 18.1 Å². The van der Waals surface area contributed by atoms with E-state index in [1.54, 1.807) is 27.7 Å². The molecule has 1 aromatic rings. The lowest BCUT2D eigenvalue weighted by molar-refractivity contribution is 0.0559. The average Bonchev–Trinajstić information content (AvgIpc) is 2.44. The molecule has 26 heavy (non-hydrogen) atoms. The SMILES string of the molecule is C=S1(=O)C[C@@](C)(c2cc(N)ccc2F)N=C(NC(=O)OC(C)(C)C)N1C. The number of hydrogen-bond donors (Lipinski definition) is 2. The van der Waals surface area contributed by atoms with Crippen molar-refractivity contribution >= 4 is 33.3 Å². The number of halogens is 1. The number of aliphatic imine (C=N–C) groups is 1. The number of rotatable bonds is 1. The van der Waals surface area contributed by atoms with E-state index in [2.05, 4.69) is 16.2 Å². The van der Waals surface area contributed by atoms with Gasteiger partial charge in [0, 0.05) is 18.3 Å². The highest BCUT2D eigenvalue weighted by atomic mass is 32.2. The predicted molar refractivity (Wildman–Crippen MR) is 103 cm³/mol. The van der Waals surface area contributed by atoms with Gasteiger partial charge in [0.2, 0.25) is 5.96 Å². The Balaban J connectivity index is 2.49. The molecule has 144 valence electrons. The van der Waals surface area contributed by atoms with Gasteiger partial charge in [0.05, 0.1) is 15.5 Å². The summed E-state index contributed by atoms with van der Waals surface area (Å²) in [6.07, 6.45) is -0.754. The molecule has 0 aliphatic carbocycles. The Hall–Kier alpha value is -2.29. The van der Waals surface area contributed by atoms with Crippen LogP contribution in [0.5, 0.6) is 0 Å². The zero-order chi connectivity index (χ0) is 19.9. The zero-order valence-corrected chi connectivity index (χ0v) is 16.4. The summed E-state index contributed by atoms with van der Waals surface area (Å²) in [6, 6.07) is 4.11. The third-order valence-electron chi connectivity index (χ3n) is 3.84. The Bertz CT molecular complexity index is 861. The summed E-state index contributed by atoms with van der Waals surface area (Å²) in [7, 11) is -1.36. The van der Waals surface area contributed by atoms with E-state index in [0.29, 0.717) is 5.69 Å². The van der Waals surface area contributed by atoms with E-state index in [9.17, 15) is 13.4 Å². The summed E-state index contributed by atoms with van der Waals surface area (Å²) in [5.74, 6) is 3.18. The molecule has 1 aromatic carbocycles. The second-order valence-electron chi connectivity index (χ2n) is 7.49. The largest absolute Gasteiger partial charge is 0.444 e. The molecule has 1 heterocycles. The lowest BCUT2D eigenvalue weighted by Gasteiger charge is -2.38. The number of nitrogens with zero attached hydrogens (tertiary/aromatic N) is 2. The molecule has 0 fully saturated rings. The monoisotopic (exact) mass is 384 g/mol. The highest BCUT2D eigenvalue weighted by Gasteiger charge is 2.40. The summed E-state index contributed by atoms with van der Waals surface area (Å²) in [6.45, 7) is 6.78. The van der Waals surface area contributed by atoms with Crippen molar-refractivity contribution in [3.8, 4) is 0 Å². The van der Waals surface area contributed by atoms with Crippen molar-refractivity contribution in [2.75, 3.05) is 18.5 Å². The van der Waals surface area contributed by atoms with Crippen molar-refractivity contribution in [2.24, 2.45) is 4.99 Å². The zero-order valence-electron chi connectivity index (χ0n) is 15.6. The van der Waals surface area contributed by atoms with Gasteiger partial charge in [-0.1, -0.05) is 0 Å². The minimum atomic E-state index is -2.86. The normalized spacial score (nSPS) is 26.2. The van der Waals surface area contributed by atoms with Crippen LogP contribution in [0.25, 0.3) is 0 Å². The number of nitrogen functional groups attached to an aromatic ring is 1. The molecule has 0 spiro atoms. The van der Waals surface area contributed by atoms with Crippen LogP contribution in [0.1, 0.15) is 33.3 Å². The fourth-order valence-corrected chi connectivity index (χ4v) is 4.32. The number of amides is 1. The molecule has 0 saturated heterocycles. The van der Waals surface area contributed by atoms with Crippen LogP contribution < -0.4 is 11.1 Å². The minimum Gasteiger partial charge on any atom is -0.444 e. The van der Waals surface area contributed by atoms with Gasteiger partial charge in [-0.2, -0.15) is 0 Å². The quantitative estimate of drug-likeness (QED) is 0.572. The van der Waals surface area contributed by atoms with Gasteiger partial charge in [-0.3, -0.25) is 9.62 Å². The van der Waals surface area contributed by atoms with Crippen LogP contribution in [-0.4, -0.2) is 44.8 Å². The molecule has 9 heteroatoms. The molecular weight excluding hydrogens is 359 g/mol. The third kappa shape index (κ3) is 4.27. The molecule has 1 aliphatic rings. The first-order valence-electron chi connectivity index (χ1n) is 7.98. The summed E-state index contributed by atoms with van der Waals surface area (Å²) in [5, 5.41) is 2.48. The maximum absolute atomic E-state index is 14.4. The Kier molecular flexibility index (Phi) is 4.97. The number of guanidine groups is 1. The number of carbonyl (C=O) groups excluding carboxylic acids is 1. The summed E-state index contributed by atoms with van der Waals surface area (Å²) in [5.41, 5.74) is 4.38. The lowest BCUT2D eigenvalue weighted by atomic mass is 9.93. The summed E-state index contributed by atoms with van der Waals surface area (Å²) < 4.78 is 33.9. The van der Waals surface area contributed by atoms with E-state index < -0.39 is 32.8 Å². The van der Waals surface area contributed by atoms with Gasteiger partial charge in [-0.15, -0.1) is 0 Å². The second kappa shape index (κ2) is 6.46. The van der Waals surface area contributed by atoms with Crippen LogP contribution >= 0.6 is 0 Å². The Morgan fingerprint density at radius 1 is 1.50 bits per heavy atom. The topological polar surface area (TPSA) is 97.0 Å². The molecule has 2 atom stereocenters. The van der Waals surface area contributed by atoms with Crippen LogP contribution in [0.3, 0.4) is 0 Å². The first-order valence-corrected chi connectivity index (χ1v) is 9.83. The fraction of sp³-hybridized carbons (Fsp3) is 0.471. The van der Waals surface area contributed by atoms with Gasteiger partial charge in [0.25, 0.3) is 0 Å². The maximum atomic E-state index is 14.4. The maximum Gasteiger partial charge on any atom is 0.414 e. The van der Waals surface area contributed by atoms with Crippen LogP contribution in [0.2, 0.25) is 0 Å². The number of carbonyl (C=O) groups is 1. The number of nitrogens with one attached hydrogen (secondary N) is 1. The van der Waals surface area contributed by atoms with Crippen LogP contribution in [0, 0.1) is 5.82 Å². The number of benzene rings is 1. The van der Waals surface area contributed by atoms with Crippen molar-refractivity contribution in [1.82, 2.24) is 9.62 Å². The Morgan fingerprint density at radius 2 is 2.12 bits per heavy atom. The number of ether oxygens (including phenoxy) is 1. The number of nitrogens with two attached hydrogens (primary N) is 1. The van der Waals surface area contributed by atoms with Crippen LogP contribution in [0.15, 0.2) is 23.2 Å². The van der Waals surface area contributed by atoms with Crippen LogP contribution in [-0.2, 0) is 20.0 Å². The third-order valence-corrected chi connectivity index (χ3v) is 6.02. The Labute approximate surface area is 153 Å². The minimum absolute atomic E-state index is 0.00479. The standard InChI is InChI=1S/C17H25FN4O3S/c1-16(2,3)25-15(23)20-14-21-17(4,10-26(6,24)22(14)5)12-9-11(19)7-8-13(12)18/h7-9H,6,10,19H2,1-5H3,(H,20,21,23)/t17-,26?/m0/s1. The molecule has 7 nitrogen and oxygen atoms in total. The summed E-state index contributed by atoms with van der Waals surface area (Å²) >= 11 is 0. The molecule has 0 aromatic heterocycles. The second-order valence-corrected chi connectivity index (χ2v) is 9.87.